The van der Waals surface area contributed by atoms with Crippen molar-refractivity contribution < 1.29 is 9.53 Å². The minimum atomic E-state index is -0.360. The van der Waals surface area contributed by atoms with Crippen LogP contribution in [0, 0.1) is 11.3 Å². The first kappa shape index (κ1) is 12.3. The second-order valence-corrected chi connectivity index (χ2v) is 3.64. The lowest BCUT2D eigenvalue weighted by molar-refractivity contribution is -0.138. The largest absolute Gasteiger partial charge is 0.468 e. The molecular formula is C11H11ClN2O2. The van der Waals surface area contributed by atoms with Crippen LogP contribution >= 0.6 is 11.6 Å². The Morgan fingerprint density at radius 2 is 2.31 bits per heavy atom. The predicted octanol–water partition coefficient (Wildman–Crippen LogP) is 1.82. The highest BCUT2D eigenvalue weighted by molar-refractivity contribution is 6.30. The Morgan fingerprint density at radius 1 is 1.62 bits per heavy atom. The quantitative estimate of drug-likeness (QED) is 0.754. The molecule has 0 bridgehead atoms. The average molecular weight is 239 g/mol. The van der Waals surface area contributed by atoms with Crippen LogP contribution in [0.2, 0.25) is 5.02 Å². The number of carbonyl (C=O) groups is 1. The van der Waals surface area contributed by atoms with Crippen LogP contribution in [0.25, 0.3) is 0 Å². The second kappa shape index (κ2) is 5.38. The maximum absolute atomic E-state index is 11.1. The van der Waals surface area contributed by atoms with Gasteiger partial charge in [-0.15, -0.1) is 0 Å². The normalized spacial score (nSPS) is 9.38. The van der Waals surface area contributed by atoms with Crippen molar-refractivity contribution in [2.24, 2.45) is 0 Å². The van der Waals surface area contributed by atoms with Gasteiger partial charge >= 0.3 is 5.97 Å². The van der Waals surface area contributed by atoms with E-state index >= 15 is 0 Å². The summed E-state index contributed by atoms with van der Waals surface area (Å²) in [5.74, 6) is -0.360. The molecule has 0 saturated carbocycles. The molecule has 0 amide bonds. The van der Waals surface area contributed by atoms with Crippen LogP contribution in [-0.4, -0.2) is 26.7 Å². The maximum atomic E-state index is 11.1. The van der Waals surface area contributed by atoms with Gasteiger partial charge in [0.15, 0.2) is 0 Å². The summed E-state index contributed by atoms with van der Waals surface area (Å²) in [6.07, 6.45) is 0. The van der Waals surface area contributed by atoms with Gasteiger partial charge in [0, 0.05) is 12.1 Å². The summed E-state index contributed by atoms with van der Waals surface area (Å²) in [5.41, 5.74) is 1.08. The summed E-state index contributed by atoms with van der Waals surface area (Å²) in [6.45, 7) is 0.0901. The molecule has 0 spiro atoms. The number of nitrogens with zero attached hydrogens (tertiary/aromatic N) is 2. The molecule has 0 aromatic heterocycles. The van der Waals surface area contributed by atoms with Crippen LogP contribution < -0.4 is 4.90 Å². The number of halogens is 1. The number of likely N-dealkylation sites (N-methyl/N-ethyl adjacent to an activating group) is 1. The highest BCUT2D eigenvalue weighted by Gasteiger charge is 2.11. The fourth-order valence-corrected chi connectivity index (χ4v) is 1.45. The third kappa shape index (κ3) is 2.88. The van der Waals surface area contributed by atoms with Gasteiger partial charge < -0.3 is 9.64 Å². The highest BCUT2D eigenvalue weighted by atomic mass is 35.5. The Hall–Kier alpha value is -1.73. The Morgan fingerprint density at radius 3 is 2.88 bits per heavy atom. The van der Waals surface area contributed by atoms with E-state index in [-0.39, 0.29) is 12.5 Å². The van der Waals surface area contributed by atoms with Gasteiger partial charge in [0.25, 0.3) is 0 Å². The fourth-order valence-electron chi connectivity index (χ4n) is 1.27. The molecule has 0 fully saturated rings. The highest BCUT2D eigenvalue weighted by Crippen LogP contribution is 2.22. The molecule has 0 heterocycles. The first-order chi connectivity index (χ1) is 7.58. The van der Waals surface area contributed by atoms with E-state index in [0.29, 0.717) is 16.3 Å². The first-order valence-electron chi connectivity index (χ1n) is 4.56. The van der Waals surface area contributed by atoms with Crippen molar-refractivity contribution in [2.75, 3.05) is 25.6 Å². The number of hydrogen-bond donors (Lipinski definition) is 0. The minimum absolute atomic E-state index is 0.0901. The van der Waals surface area contributed by atoms with Gasteiger partial charge in [-0.1, -0.05) is 11.6 Å². The number of ether oxygens (including phenoxy) is 1. The molecule has 0 atom stereocenters. The van der Waals surface area contributed by atoms with E-state index in [4.69, 9.17) is 16.9 Å². The molecule has 0 unspecified atom stereocenters. The van der Waals surface area contributed by atoms with Gasteiger partial charge in [-0.25, -0.2) is 0 Å². The number of rotatable bonds is 3. The average Bonchev–Trinajstić information content (AvgIpc) is 2.28. The van der Waals surface area contributed by atoms with E-state index in [1.807, 2.05) is 6.07 Å². The summed E-state index contributed by atoms with van der Waals surface area (Å²) >= 11 is 5.77. The molecule has 5 heteroatoms. The molecule has 1 aromatic rings. The molecule has 4 nitrogen and oxygen atoms in total. The van der Waals surface area contributed by atoms with E-state index < -0.39 is 0 Å². The van der Waals surface area contributed by atoms with E-state index in [0.717, 1.165) is 0 Å². The molecule has 0 saturated heterocycles. The number of hydrogen-bond acceptors (Lipinski definition) is 4. The van der Waals surface area contributed by atoms with Crippen molar-refractivity contribution >= 4 is 23.3 Å². The van der Waals surface area contributed by atoms with Crippen LogP contribution in [-0.2, 0) is 9.53 Å². The maximum Gasteiger partial charge on any atom is 0.325 e. The summed E-state index contributed by atoms with van der Waals surface area (Å²) in [4.78, 5) is 12.7. The number of benzene rings is 1. The number of methoxy groups -OCH3 is 1. The summed E-state index contributed by atoms with van der Waals surface area (Å²) < 4.78 is 4.55. The Bertz CT molecular complexity index is 440. The molecule has 1 rings (SSSR count). The van der Waals surface area contributed by atoms with Gasteiger partial charge in [-0.3, -0.25) is 4.79 Å². The van der Waals surface area contributed by atoms with Crippen molar-refractivity contribution in [3.63, 3.8) is 0 Å². The van der Waals surface area contributed by atoms with Crippen molar-refractivity contribution in [1.82, 2.24) is 0 Å². The standard InChI is InChI=1S/C11H11ClN2O2/c1-14(7-11(15)16-2)10-4-3-9(12)5-8(10)6-13/h3-5H,7H2,1-2H3. The zero-order valence-electron chi connectivity index (χ0n) is 9.03. The minimum Gasteiger partial charge on any atom is -0.468 e. The zero-order valence-corrected chi connectivity index (χ0v) is 9.78. The molecule has 0 radical (unpaired) electrons. The van der Waals surface area contributed by atoms with Crippen LogP contribution in [0.4, 0.5) is 5.69 Å². The Kier molecular flexibility index (Phi) is 4.15. The molecule has 16 heavy (non-hydrogen) atoms. The predicted molar refractivity (Wildman–Crippen MR) is 61.5 cm³/mol. The van der Waals surface area contributed by atoms with Crippen LogP contribution in [0.5, 0.6) is 0 Å². The molecule has 0 aliphatic heterocycles. The van der Waals surface area contributed by atoms with E-state index in [1.165, 1.54) is 7.11 Å². The molecule has 0 aliphatic carbocycles. The smallest absolute Gasteiger partial charge is 0.325 e. The van der Waals surface area contributed by atoms with E-state index in [2.05, 4.69) is 4.74 Å². The van der Waals surface area contributed by atoms with Crippen molar-refractivity contribution in [3.8, 4) is 6.07 Å². The number of carbonyl (C=O) groups excluding carboxylic acids is 1. The van der Waals surface area contributed by atoms with Crippen LogP contribution in [0.15, 0.2) is 18.2 Å². The van der Waals surface area contributed by atoms with Gasteiger partial charge in [0.1, 0.15) is 12.6 Å². The van der Waals surface area contributed by atoms with Crippen molar-refractivity contribution in [1.29, 1.82) is 5.26 Å². The van der Waals surface area contributed by atoms with Crippen LogP contribution in [0.1, 0.15) is 5.56 Å². The van der Waals surface area contributed by atoms with Gasteiger partial charge in [-0.2, -0.15) is 5.26 Å². The topological polar surface area (TPSA) is 53.3 Å². The lowest BCUT2D eigenvalue weighted by Gasteiger charge is -2.18. The SMILES string of the molecule is COC(=O)CN(C)c1ccc(Cl)cc1C#N. The molecule has 84 valence electrons. The van der Waals surface area contributed by atoms with Crippen LogP contribution in [0.3, 0.4) is 0 Å². The number of nitriles is 1. The van der Waals surface area contributed by atoms with E-state index in [1.54, 1.807) is 30.1 Å². The summed E-state index contributed by atoms with van der Waals surface area (Å²) in [6, 6.07) is 6.96. The first-order valence-corrected chi connectivity index (χ1v) is 4.94. The molecule has 0 N–H and O–H groups in total. The second-order valence-electron chi connectivity index (χ2n) is 3.21. The summed E-state index contributed by atoms with van der Waals surface area (Å²) in [7, 11) is 3.03. The molecule has 1 aromatic carbocycles. The monoisotopic (exact) mass is 238 g/mol. The fraction of sp³-hybridized carbons (Fsp3) is 0.273. The number of anilines is 1. The summed E-state index contributed by atoms with van der Waals surface area (Å²) in [5, 5.41) is 9.42. The Labute approximate surface area is 99.0 Å². The van der Waals surface area contributed by atoms with E-state index in [9.17, 15) is 4.79 Å². The van der Waals surface area contributed by atoms with Gasteiger partial charge in [0.05, 0.1) is 18.4 Å². The third-order valence-corrected chi connectivity index (χ3v) is 2.32. The van der Waals surface area contributed by atoms with Crippen molar-refractivity contribution in [2.45, 2.75) is 0 Å². The Balaban J connectivity index is 2.95. The lowest BCUT2D eigenvalue weighted by atomic mass is 10.2. The van der Waals surface area contributed by atoms with Gasteiger partial charge in [-0.05, 0) is 18.2 Å². The van der Waals surface area contributed by atoms with Crippen molar-refractivity contribution in [3.05, 3.63) is 28.8 Å². The molecule has 0 aliphatic rings. The van der Waals surface area contributed by atoms with Gasteiger partial charge in [0.2, 0.25) is 0 Å². The molecular weight excluding hydrogens is 228 g/mol. The zero-order chi connectivity index (χ0) is 12.1. The lowest BCUT2D eigenvalue weighted by Crippen LogP contribution is -2.26. The third-order valence-electron chi connectivity index (χ3n) is 2.08. The number of esters is 1.